The zero-order valence-electron chi connectivity index (χ0n) is 13.5. The molecule has 1 aromatic rings. The van der Waals surface area contributed by atoms with E-state index in [0.29, 0.717) is 6.42 Å². The third-order valence-electron chi connectivity index (χ3n) is 3.92. The van der Waals surface area contributed by atoms with Gasteiger partial charge in [0, 0.05) is 30.4 Å². The SMILES string of the molecule is CC1/C=C/CCCCC(=O)Cc2c(Cl)c(O)cc(O)c2C(=O)OC1. The smallest absolute Gasteiger partial charge is 0.342 e. The van der Waals surface area contributed by atoms with Gasteiger partial charge in [-0.25, -0.2) is 4.79 Å². The van der Waals surface area contributed by atoms with Crippen molar-refractivity contribution in [1.82, 2.24) is 0 Å². The summed E-state index contributed by atoms with van der Waals surface area (Å²) in [5.41, 5.74) is -0.0381. The highest BCUT2D eigenvalue weighted by Crippen LogP contribution is 2.37. The Balaban J connectivity index is 2.40. The number of phenols is 2. The Morgan fingerprint density at radius 1 is 1.21 bits per heavy atom. The molecule has 1 aliphatic rings. The number of Topliss-reactive ketones (excluding diaryl/α,β-unsaturated/α-hetero) is 1. The van der Waals surface area contributed by atoms with Gasteiger partial charge in [0.05, 0.1) is 11.6 Å². The zero-order chi connectivity index (χ0) is 17.7. The minimum atomic E-state index is -0.755. The summed E-state index contributed by atoms with van der Waals surface area (Å²) in [6.07, 6.45) is 6.70. The van der Waals surface area contributed by atoms with Gasteiger partial charge in [-0.05, 0) is 19.3 Å². The van der Waals surface area contributed by atoms with Gasteiger partial charge in [0.1, 0.15) is 22.8 Å². The first kappa shape index (κ1) is 18.3. The predicted molar refractivity (Wildman–Crippen MR) is 90.5 cm³/mol. The molecule has 0 amide bonds. The molecule has 1 heterocycles. The quantitative estimate of drug-likeness (QED) is 0.548. The summed E-state index contributed by atoms with van der Waals surface area (Å²) >= 11 is 6.06. The number of phenolic OH excluding ortho intramolecular Hbond substituents is 2. The van der Waals surface area contributed by atoms with Gasteiger partial charge in [-0.3, -0.25) is 4.79 Å². The maximum Gasteiger partial charge on any atom is 0.342 e. The first-order valence-corrected chi connectivity index (χ1v) is 8.36. The summed E-state index contributed by atoms with van der Waals surface area (Å²) < 4.78 is 5.23. The Morgan fingerprint density at radius 3 is 2.71 bits per heavy atom. The van der Waals surface area contributed by atoms with Crippen LogP contribution < -0.4 is 0 Å². The number of carbonyl (C=O) groups is 2. The normalized spacial score (nSPS) is 21.5. The molecule has 0 saturated heterocycles. The molecule has 0 bridgehead atoms. The fraction of sp³-hybridized carbons (Fsp3) is 0.444. The fourth-order valence-corrected chi connectivity index (χ4v) is 2.83. The molecule has 1 aromatic carbocycles. The Bertz CT molecular complexity index is 666. The number of cyclic esters (lactones) is 1. The van der Waals surface area contributed by atoms with Crippen molar-refractivity contribution in [2.45, 2.75) is 39.0 Å². The lowest BCUT2D eigenvalue weighted by atomic mass is 9.97. The minimum Gasteiger partial charge on any atom is -0.507 e. The number of benzene rings is 1. The summed E-state index contributed by atoms with van der Waals surface area (Å²) in [6.45, 7) is 2.07. The minimum absolute atomic E-state index is 0.0386. The topological polar surface area (TPSA) is 83.8 Å². The number of allylic oxidation sites excluding steroid dienone is 1. The average Bonchev–Trinajstić information content (AvgIpc) is 2.52. The lowest BCUT2D eigenvalue weighted by Crippen LogP contribution is -2.15. The van der Waals surface area contributed by atoms with Gasteiger partial charge in [-0.15, -0.1) is 0 Å². The molecule has 5 nitrogen and oxygen atoms in total. The number of ketones is 1. The number of hydrogen-bond acceptors (Lipinski definition) is 5. The van der Waals surface area contributed by atoms with Gasteiger partial charge in [0.2, 0.25) is 0 Å². The second kappa shape index (κ2) is 8.20. The average molecular weight is 353 g/mol. The van der Waals surface area contributed by atoms with Crippen molar-refractivity contribution in [3.05, 3.63) is 34.4 Å². The number of ether oxygens (including phenoxy) is 1. The molecule has 0 aromatic heterocycles. The molecule has 0 saturated carbocycles. The van der Waals surface area contributed by atoms with Crippen LogP contribution >= 0.6 is 11.6 Å². The molecule has 24 heavy (non-hydrogen) atoms. The Labute approximate surface area is 145 Å². The van der Waals surface area contributed by atoms with Gasteiger partial charge < -0.3 is 14.9 Å². The summed E-state index contributed by atoms with van der Waals surface area (Å²) in [4.78, 5) is 24.5. The van der Waals surface area contributed by atoms with Crippen LogP contribution in [0.1, 0.15) is 48.5 Å². The molecule has 0 aliphatic carbocycles. The molecule has 0 fully saturated rings. The number of halogens is 1. The largest absolute Gasteiger partial charge is 0.507 e. The Morgan fingerprint density at radius 2 is 1.96 bits per heavy atom. The van der Waals surface area contributed by atoms with E-state index in [-0.39, 0.29) is 46.6 Å². The van der Waals surface area contributed by atoms with E-state index in [9.17, 15) is 19.8 Å². The molecule has 0 radical (unpaired) electrons. The van der Waals surface area contributed by atoms with Crippen LogP contribution in [0.25, 0.3) is 0 Å². The van der Waals surface area contributed by atoms with Crippen molar-refractivity contribution in [1.29, 1.82) is 0 Å². The molecule has 2 N–H and O–H groups in total. The molecule has 130 valence electrons. The monoisotopic (exact) mass is 352 g/mol. The molecule has 2 rings (SSSR count). The highest BCUT2D eigenvalue weighted by atomic mass is 35.5. The van der Waals surface area contributed by atoms with Gasteiger partial charge >= 0.3 is 5.97 Å². The van der Waals surface area contributed by atoms with Crippen LogP contribution in [0, 0.1) is 5.92 Å². The molecular weight excluding hydrogens is 332 g/mol. The molecule has 6 heteroatoms. The molecule has 1 aliphatic heterocycles. The van der Waals surface area contributed by atoms with Crippen LogP contribution in [-0.4, -0.2) is 28.6 Å². The van der Waals surface area contributed by atoms with E-state index in [1.54, 1.807) is 0 Å². The van der Waals surface area contributed by atoms with Crippen molar-refractivity contribution in [2.24, 2.45) is 5.92 Å². The van der Waals surface area contributed by atoms with Crippen molar-refractivity contribution >= 4 is 23.4 Å². The number of fused-ring (bicyclic) bond motifs is 1. The van der Waals surface area contributed by atoms with E-state index in [2.05, 4.69) is 0 Å². The summed E-state index contributed by atoms with van der Waals surface area (Å²) in [6, 6.07) is 0.985. The number of esters is 1. The lowest BCUT2D eigenvalue weighted by molar-refractivity contribution is -0.118. The Kier molecular flexibility index (Phi) is 6.26. The van der Waals surface area contributed by atoms with Crippen molar-refractivity contribution < 1.29 is 24.5 Å². The van der Waals surface area contributed by atoms with Gasteiger partial charge in [-0.2, -0.15) is 0 Å². The third-order valence-corrected chi connectivity index (χ3v) is 4.34. The van der Waals surface area contributed by atoms with Crippen molar-refractivity contribution in [2.75, 3.05) is 6.61 Å². The van der Waals surface area contributed by atoms with Crippen molar-refractivity contribution in [3.63, 3.8) is 0 Å². The standard InChI is InChI=1S/C18H21ClO5/c1-11-6-4-2-3-5-7-12(20)8-13-16(18(23)24-10-11)14(21)9-15(22)17(13)19/h4,6,9,11,21-22H,2-3,5,7-8,10H2,1H3/b6-4+. The highest BCUT2D eigenvalue weighted by molar-refractivity contribution is 6.33. The van der Waals surface area contributed by atoms with Gasteiger partial charge in [-0.1, -0.05) is 30.7 Å². The third kappa shape index (κ3) is 4.51. The number of carbonyl (C=O) groups excluding carboxylic acids is 2. The summed E-state index contributed by atoms with van der Waals surface area (Å²) in [5, 5.41) is 19.7. The van der Waals surface area contributed by atoms with Crippen LogP contribution in [0.15, 0.2) is 18.2 Å². The first-order valence-electron chi connectivity index (χ1n) is 7.99. The number of aromatic hydroxyl groups is 2. The Hall–Kier alpha value is -2.01. The first-order chi connectivity index (χ1) is 11.4. The predicted octanol–water partition coefficient (Wildman–Crippen LogP) is 3.79. The number of hydrogen-bond donors (Lipinski definition) is 2. The molecule has 0 spiro atoms. The number of rotatable bonds is 0. The van der Waals surface area contributed by atoms with Gasteiger partial charge in [0.25, 0.3) is 0 Å². The molecule has 1 atom stereocenters. The second-order valence-corrected chi connectivity index (χ2v) is 6.43. The van der Waals surface area contributed by atoms with Crippen LogP contribution in [-0.2, 0) is 16.0 Å². The highest BCUT2D eigenvalue weighted by Gasteiger charge is 2.25. The zero-order valence-corrected chi connectivity index (χ0v) is 14.3. The van der Waals surface area contributed by atoms with Crippen LogP contribution in [0.4, 0.5) is 0 Å². The lowest BCUT2D eigenvalue weighted by Gasteiger charge is -2.15. The van der Waals surface area contributed by atoms with E-state index in [1.807, 2.05) is 19.1 Å². The van der Waals surface area contributed by atoms with Crippen molar-refractivity contribution in [3.8, 4) is 11.5 Å². The van der Waals surface area contributed by atoms with E-state index in [0.717, 1.165) is 25.3 Å². The van der Waals surface area contributed by atoms with Crippen LogP contribution in [0.3, 0.4) is 0 Å². The summed E-state index contributed by atoms with van der Waals surface area (Å²) in [7, 11) is 0. The van der Waals surface area contributed by atoms with Gasteiger partial charge in [0.15, 0.2) is 0 Å². The van der Waals surface area contributed by atoms with E-state index < -0.39 is 11.7 Å². The van der Waals surface area contributed by atoms with E-state index in [1.165, 1.54) is 0 Å². The maximum absolute atomic E-state index is 12.4. The maximum atomic E-state index is 12.4. The van der Waals surface area contributed by atoms with Crippen LogP contribution in [0.2, 0.25) is 5.02 Å². The van der Waals surface area contributed by atoms with Crippen LogP contribution in [0.5, 0.6) is 11.5 Å². The molecule has 1 unspecified atom stereocenters. The fourth-order valence-electron chi connectivity index (χ4n) is 2.61. The van der Waals surface area contributed by atoms with E-state index >= 15 is 0 Å². The van der Waals surface area contributed by atoms with E-state index in [4.69, 9.17) is 16.3 Å². The summed E-state index contributed by atoms with van der Waals surface area (Å²) in [5.74, 6) is -1.64. The molecular formula is C18H21ClO5. The second-order valence-electron chi connectivity index (χ2n) is 6.05.